The van der Waals surface area contributed by atoms with Crippen LogP contribution in [-0.2, 0) is 4.79 Å². The minimum Gasteiger partial charge on any atom is -0.481 e. The Morgan fingerprint density at radius 1 is 1.35 bits per heavy atom. The number of carbonyl (C=O) groups is 2. The summed E-state index contributed by atoms with van der Waals surface area (Å²) in [5, 5.41) is 12.2. The van der Waals surface area contributed by atoms with Gasteiger partial charge in [-0.3, -0.25) is 4.79 Å². The Hall–Kier alpha value is -1.69. The van der Waals surface area contributed by atoms with Gasteiger partial charge < -0.3 is 15.3 Å². The Kier molecular flexibility index (Phi) is 5.93. The van der Waals surface area contributed by atoms with E-state index >= 15 is 0 Å². The standard InChI is InChI=1S/C17H24N2O3S/c1-11-8-13(16(20)21)10-19(9-11)17(22)18-12(2)14-6-4-5-7-15(14)23-3/h4-7,11-13H,8-10H2,1-3H3,(H,18,22)(H,20,21)/t11?,12-,13?/m0/s1. The van der Waals surface area contributed by atoms with Crippen LogP contribution in [0.1, 0.15) is 31.9 Å². The molecule has 2 rings (SSSR count). The molecule has 1 aliphatic heterocycles. The van der Waals surface area contributed by atoms with Crippen LogP contribution < -0.4 is 5.32 Å². The molecule has 2 unspecified atom stereocenters. The summed E-state index contributed by atoms with van der Waals surface area (Å²) in [6.07, 6.45) is 2.64. The SMILES string of the molecule is CSc1ccccc1[C@H](C)NC(=O)N1CC(C)CC(C(=O)O)C1. The molecule has 23 heavy (non-hydrogen) atoms. The number of nitrogens with zero attached hydrogens (tertiary/aromatic N) is 1. The fourth-order valence-corrected chi connectivity index (χ4v) is 3.77. The molecule has 2 amide bonds. The van der Waals surface area contributed by atoms with Gasteiger partial charge in [-0.1, -0.05) is 25.1 Å². The highest BCUT2D eigenvalue weighted by Crippen LogP contribution is 2.26. The van der Waals surface area contributed by atoms with Gasteiger partial charge in [0.05, 0.1) is 12.0 Å². The monoisotopic (exact) mass is 336 g/mol. The molecule has 1 saturated heterocycles. The van der Waals surface area contributed by atoms with Crippen LogP contribution in [0.5, 0.6) is 0 Å². The summed E-state index contributed by atoms with van der Waals surface area (Å²) < 4.78 is 0. The first-order valence-electron chi connectivity index (χ1n) is 7.83. The van der Waals surface area contributed by atoms with Crippen LogP contribution in [0.2, 0.25) is 0 Å². The van der Waals surface area contributed by atoms with Crippen LogP contribution in [0.25, 0.3) is 0 Å². The van der Waals surface area contributed by atoms with E-state index in [1.54, 1.807) is 16.7 Å². The van der Waals surface area contributed by atoms with Crippen molar-refractivity contribution >= 4 is 23.8 Å². The molecule has 1 fully saturated rings. The van der Waals surface area contributed by atoms with Gasteiger partial charge in [-0.2, -0.15) is 0 Å². The fourth-order valence-electron chi connectivity index (χ4n) is 3.07. The number of carboxylic acid groups (broad SMARTS) is 1. The molecule has 0 aliphatic carbocycles. The first kappa shape index (κ1) is 17.7. The topological polar surface area (TPSA) is 69.6 Å². The van der Waals surface area contributed by atoms with Crippen LogP contribution >= 0.6 is 11.8 Å². The summed E-state index contributed by atoms with van der Waals surface area (Å²) in [5.41, 5.74) is 1.08. The predicted molar refractivity (Wildman–Crippen MR) is 91.6 cm³/mol. The Balaban J connectivity index is 2.04. The first-order chi connectivity index (χ1) is 10.9. The molecule has 1 aliphatic rings. The molecule has 0 bridgehead atoms. The summed E-state index contributed by atoms with van der Waals surface area (Å²) >= 11 is 1.65. The number of hydrogen-bond donors (Lipinski definition) is 2. The van der Waals surface area contributed by atoms with Gasteiger partial charge >= 0.3 is 12.0 Å². The minimum atomic E-state index is -0.824. The average Bonchev–Trinajstić information content (AvgIpc) is 2.53. The highest BCUT2D eigenvalue weighted by atomic mass is 32.2. The number of hydrogen-bond acceptors (Lipinski definition) is 3. The lowest BCUT2D eigenvalue weighted by atomic mass is 9.91. The van der Waals surface area contributed by atoms with Gasteiger partial charge in [0.25, 0.3) is 0 Å². The zero-order chi connectivity index (χ0) is 17.0. The summed E-state index contributed by atoms with van der Waals surface area (Å²) in [6, 6.07) is 7.68. The second-order valence-electron chi connectivity index (χ2n) is 6.19. The minimum absolute atomic E-state index is 0.119. The Morgan fingerprint density at radius 2 is 2.04 bits per heavy atom. The van der Waals surface area contributed by atoms with Crippen molar-refractivity contribution in [2.45, 2.75) is 31.2 Å². The molecule has 1 aromatic carbocycles. The van der Waals surface area contributed by atoms with Crippen molar-refractivity contribution in [1.82, 2.24) is 10.2 Å². The number of likely N-dealkylation sites (tertiary alicyclic amines) is 1. The molecule has 5 nitrogen and oxygen atoms in total. The fraction of sp³-hybridized carbons (Fsp3) is 0.529. The third kappa shape index (κ3) is 4.41. The van der Waals surface area contributed by atoms with E-state index in [0.29, 0.717) is 13.0 Å². The Bertz CT molecular complexity index is 579. The largest absolute Gasteiger partial charge is 0.481 e. The number of thioether (sulfide) groups is 1. The third-order valence-corrected chi connectivity index (χ3v) is 5.05. The summed E-state index contributed by atoms with van der Waals surface area (Å²) in [4.78, 5) is 26.5. The van der Waals surface area contributed by atoms with E-state index in [9.17, 15) is 14.7 Å². The smallest absolute Gasteiger partial charge is 0.317 e. The molecule has 126 valence electrons. The average molecular weight is 336 g/mol. The second kappa shape index (κ2) is 7.73. The van der Waals surface area contributed by atoms with Crippen LogP contribution in [0.4, 0.5) is 4.79 Å². The summed E-state index contributed by atoms with van der Waals surface area (Å²) in [7, 11) is 0. The van der Waals surface area contributed by atoms with E-state index in [2.05, 4.69) is 5.32 Å². The third-order valence-electron chi connectivity index (χ3n) is 4.24. The van der Waals surface area contributed by atoms with Gasteiger partial charge in [-0.15, -0.1) is 11.8 Å². The van der Waals surface area contributed by atoms with E-state index in [1.807, 2.05) is 44.4 Å². The maximum Gasteiger partial charge on any atom is 0.317 e. The molecular formula is C17H24N2O3S. The molecular weight excluding hydrogens is 312 g/mol. The zero-order valence-corrected chi connectivity index (χ0v) is 14.6. The van der Waals surface area contributed by atoms with Crippen molar-refractivity contribution in [3.05, 3.63) is 29.8 Å². The normalized spacial score (nSPS) is 22.5. The number of aliphatic carboxylic acids is 1. The summed E-state index contributed by atoms with van der Waals surface area (Å²) in [5.74, 6) is -1.10. The predicted octanol–water partition coefficient (Wildman–Crippen LogP) is 3.22. The molecule has 6 heteroatoms. The molecule has 0 spiro atoms. The van der Waals surface area contributed by atoms with Crippen LogP contribution in [-0.4, -0.2) is 41.4 Å². The molecule has 0 aromatic heterocycles. The van der Waals surface area contributed by atoms with Gasteiger partial charge in [-0.05, 0) is 37.1 Å². The van der Waals surface area contributed by atoms with E-state index in [-0.39, 0.29) is 24.5 Å². The summed E-state index contributed by atoms with van der Waals surface area (Å²) in [6.45, 7) is 4.83. The van der Waals surface area contributed by atoms with E-state index in [4.69, 9.17) is 0 Å². The van der Waals surface area contributed by atoms with Crippen molar-refractivity contribution in [2.24, 2.45) is 11.8 Å². The van der Waals surface area contributed by atoms with E-state index in [1.165, 1.54) is 0 Å². The Morgan fingerprint density at radius 3 is 2.70 bits per heavy atom. The number of urea groups is 1. The first-order valence-corrected chi connectivity index (χ1v) is 9.06. The van der Waals surface area contributed by atoms with Crippen LogP contribution in [0.3, 0.4) is 0 Å². The van der Waals surface area contributed by atoms with Gasteiger partial charge in [0.2, 0.25) is 0 Å². The molecule has 0 saturated carbocycles. The number of rotatable bonds is 4. The zero-order valence-electron chi connectivity index (χ0n) is 13.8. The van der Waals surface area contributed by atoms with Crippen LogP contribution in [0.15, 0.2) is 29.2 Å². The van der Waals surface area contributed by atoms with Crippen molar-refractivity contribution in [3.8, 4) is 0 Å². The second-order valence-corrected chi connectivity index (χ2v) is 7.04. The quantitative estimate of drug-likeness (QED) is 0.828. The number of piperidine rings is 1. The van der Waals surface area contributed by atoms with Crippen molar-refractivity contribution in [3.63, 3.8) is 0 Å². The number of nitrogens with one attached hydrogen (secondary N) is 1. The number of amides is 2. The van der Waals surface area contributed by atoms with Crippen LogP contribution in [0, 0.1) is 11.8 Å². The van der Waals surface area contributed by atoms with Crippen molar-refractivity contribution in [2.75, 3.05) is 19.3 Å². The highest BCUT2D eigenvalue weighted by molar-refractivity contribution is 7.98. The van der Waals surface area contributed by atoms with Crippen molar-refractivity contribution in [1.29, 1.82) is 0 Å². The number of carbonyl (C=O) groups excluding carboxylic acids is 1. The molecule has 1 heterocycles. The maximum atomic E-state index is 12.5. The Labute approximate surface area is 141 Å². The van der Waals surface area contributed by atoms with Gasteiger partial charge in [-0.25, -0.2) is 4.79 Å². The maximum absolute atomic E-state index is 12.5. The molecule has 1 aromatic rings. The van der Waals surface area contributed by atoms with Gasteiger partial charge in [0.15, 0.2) is 0 Å². The lowest BCUT2D eigenvalue weighted by Crippen LogP contribution is -2.49. The van der Waals surface area contributed by atoms with E-state index in [0.717, 1.165) is 10.5 Å². The molecule has 3 atom stereocenters. The molecule has 0 radical (unpaired) electrons. The van der Waals surface area contributed by atoms with Gasteiger partial charge in [0, 0.05) is 18.0 Å². The van der Waals surface area contributed by atoms with E-state index < -0.39 is 11.9 Å². The lowest BCUT2D eigenvalue weighted by Gasteiger charge is -2.35. The number of carboxylic acids is 1. The molecule has 2 N–H and O–H groups in total. The number of benzene rings is 1. The lowest BCUT2D eigenvalue weighted by molar-refractivity contribution is -0.143. The van der Waals surface area contributed by atoms with Crippen molar-refractivity contribution < 1.29 is 14.7 Å². The highest BCUT2D eigenvalue weighted by Gasteiger charge is 2.32. The van der Waals surface area contributed by atoms with Gasteiger partial charge in [0.1, 0.15) is 0 Å².